The number of halogens is 2. The van der Waals surface area contributed by atoms with Crippen molar-refractivity contribution in [1.29, 1.82) is 0 Å². The highest BCUT2D eigenvalue weighted by Gasteiger charge is 2.13. The Morgan fingerprint density at radius 1 is 0.905 bits per heavy atom. The Balaban J connectivity index is 2.49. The van der Waals surface area contributed by atoms with Crippen LogP contribution in [-0.4, -0.2) is 13.2 Å². The average Bonchev–Trinajstić information content (AvgIpc) is 2.45. The number of nitrogen functional groups attached to an aromatic ring is 1. The van der Waals surface area contributed by atoms with E-state index < -0.39 is 11.6 Å². The van der Waals surface area contributed by atoms with Gasteiger partial charge in [0.15, 0.2) is 11.5 Å². The van der Waals surface area contributed by atoms with Gasteiger partial charge in [-0.3, -0.25) is 0 Å². The molecule has 0 amide bonds. The molecule has 0 aromatic heterocycles. The van der Waals surface area contributed by atoms with Gasteiger partial charge in [0.1, 0.15) is 11.6 Å². The van der Waals surface area contributed by atoms with Crippen LogP contribution in [-0.2, 0) is 0 Å². The fraction of sp³-hybridized carbons (Fsp3) is 0.250. The molecular weight excluding hydrogens is 276 g/mol. The number of ether oxygens (including phenoxy) is 2. The van der Waals surface area contributed by atoms with Gasteiger partial charge in [-0.25, -0.2) is 8.78 Å². The van der Waals surface area contributed by atoms with Gasteiger partial charge in [-0.05, 0) is 37.6 Å². The van der Waals surface area contributed by atoms with Crippen LogP contribution in [0, 0.1) is 11.6 Å². The van der Waals surface area contributed by atoms with E-state index in [9.17, 15) is 8.78 Å². The highest BCUT2D eigenvalue weighted by molar-refractivity contribution is 5.69. The molecule has 0 atom stereocenters. The first-order chi connectivity index (χ1) is 10.1. The molecule has 21 heavy (non-hydrogen) atoms. The van der Waals surface area contributed by atoms with Crippen molar-refractivity contribution in [3.05, 3.63) is 42.0 Å². The molecule has 2 aromatic rings. The van der Waals surface area contributed by atoms with E-state index in [1.165, 1.54) is 0 Å². The van der Waals surface area contributed by atoms with E-state index in [2.05, 4.69) is 0 Å². The fourth-order valence-corrected chi connectivity index (χ4v) is 2.00. The van der Waals surface area contributed by atoms with E-state index in [0.717, 1.165) is 12.1 Å². The topological polar surface area (TPSA) is 44.5 Å². The summed E-state index contributed by atoms with van der Waals surface area (Å²) in [6.45, 7) is 4.64. The maximum absolute atomic E-state index is 14.0. The van der Waals surface area contributed by atoms with Gasteiger partial charge < -0.3 is 15.2 Å². The number of rotatable bonds is 5. The third kappa shape index (κ3) is 3.24. The second-order valence-electron chi connectivity index (χ2n) is 4.38. The number of hydrogen-bond acceptors (Lipinski definition) is 3. The van der Waals surface area contributed by atoms with Crippen LogP contribution in [0.1, 0.15) is 13.8 Å². The first-order valence-corrected chi connectivity index (χ1v) is 6.71. The molecule has 2 aromatic carbocycles. The molecule has 0 spiro atoms. The zero-order valence-corrected chi connectivity index (χ0v) is 12.0. The predicted molar refractivity (Wildman–Crippen MR) is 78.5 cm³/mol. The van der Waals surface area contributed by atoms with Gasteiger partial charge >= 0.3 is 0 Å². The first kappa shape index (κ1) is 15.1. The van der Waals surface area contributed by atoms with Crippen LogP contribution in [0.2, 0.25) is 0 Å². The zero-order valence-electron chi connectivity index (χ0n) is 12.0. The molecule has 0 unspecified atom stereocenters. The van der Waals surface area contributed by atoms with Gasteiger partial charge in [0.25, 0.3) is 0 Å². The molecule has 0 radical (unpaired) electrons. The molecule has 2 rings (SSSR count). The van der Waals surface area contributed by atoms with Crippen LogP contribution in [0.3, 0.4) is 0 Å². The van der Waals surface area contributed by atoms with E-state index in [1.54, 1.807) is 18.2 Å². The van der Waals surface area contributed by atoms with E-state index in [0.29, 0.717) is 30.3 Å². The molecule has 0 bridgehead atoms. The first-order valence-electron chi connectivity index (χ1n) is 6.71. The Bertz CT molecular complexity index is 644. The quantitative estimate of drug-likeness (QED) is 0.847. The minimum Gasteiger partial charge on any atom is -0.490 e. The molecule has 0 saturated heterocycles. The largest absolute Gasteiger partial charge is 0.490 e. The van der Waals surface area contributed by atoms with Crippen molar-refractivity contribution < 1.29 is 18.3 Å². The van der Waals surface area contributed by atoms with Gasteiger partial charge in [0, 0.05) is 11.6 Å². The monoisotopic (exact) mass is 293 g/mol. The maximum atomic E-state index is 14.0. The summed E-state index contributed by atoms with van der Waals surface area (Å²) in [7, 11) is 0. The SMILES string of the molecule is CCOc1ccc(-c2cc(F)c(N)cc2F)cc1OCC. The highest BCUT2D eigenvalue weighted by atomic mass is 19.1. The summed E-state index contributed by atoms with van der Waals surface area (Å²) in [6.07, 6.45) is 0. The molecule has 0 aliphatic rings. The van der Waals surface area contributed by atoms with Crippen LogP contribution in [0.5, 0.6) is 11.5 Å². The average molecular weight is 293 g/mol. The van der Waals surface area contributed by atoms with Crippen molar-refractivity contribution >= 4 is 5.69 Å². The Hall–Kier alpha value is -2.30. The zero-order chi connectivity index (χ0) is 15.4. The summed E-state index contributed by atoms with van der Waals surface area (Å²) in [5.74, 6) is -0.174. The Labute approximate surface area is 122 Å². The third-order valence-electron chi connectivity index (χ3n) is 2.94. The minimum atomic E-state index is -0.654. The van der Waals surface area contributed by atoms with Crippen molar-refractivity contribution in [1.82, 2.24) is 0 Å². The second-order valence-corrected chi connectivity index (χ2v) is 4.38. The smallest absolute Gasteiger partial charge is 0.161 e. The van der Waals surface area contributed by atoms with E-state index in [4.69, 9.17) is 15.2 Å². The number of hydrogen-bond donors (Lipinski definition) is 1. The van der Waals surface area contributed by atoms with Crippen molar-refractivity contribution in [2.75, 3.05) is 18.9 Å². The van der Waals surface area contributed by atoms with Gasteiger partial charge in [-0.1, -0.05) is 6.07 Å². The summed E-state index contributed by atoms with van der Waals surface area (Å²) >= 11 is 0. The van der Waals surface area contributed by atoms with Crippen molar-refractivity contribution in [2.24, 2.45) is 0 Å². The lowest BCUT2D eigenvalue weighted by atomic mass is 10.0. The van der Waals surface area contributed by atoms with Crippen LogP contribution in [0.25, 0.3) is 11.1 Å². The maximum Gasteiger partial charge on any atom is 0.161 e. The molecule has 3 nitrogen and oxygen atoms in total. The molecule has 0 aliphatic carbocycles. The van der Waals surface area contributed by atoms with Gasteiger partial charge in [0.05, 0.1) is 18.9 Å². The van der Waals surface area contributed by atoms with E-state index >= 15 is 0 Å². The van der Waals surface area contributed by atoms with Crippen LogP contribution in [0.4, 0.5) is 14.5 Å². The lowest BCUT2D eigenvalue weighted by molar-refractivity contribution is 0.288. The molecule has 5 heteroatoms. The second kappa shape index (κ2) is 6.43. The highest BCUT2D eigenvalue weighted by Crippen LogP contribution is 2.34. The molecular formula is C16H17F2NO2. The van der Waals surface area contributed by atoms with Crippen molar-refractivity contribution in [2.45, 2.75) is 13.8 Å². The summed E-state index contributed by atoms with van der Waals surface area (Å²) in [5.41, 5.74) is 5.76. The lowest BCUT2D eigenvalue weighted by Crippen LogP contribution is -1.99. The Morgan fingerprint density at radius 2 is 1.57 bits per heavy atom. The summed E-state index contributed by atoms with van der Waals surface area (Å²) in [6, 6.07) is 7.01. The fourth-order valence-electron chi connectivity index (χ4n) is 2.00. The summed E-state index contributed by atoms with van der Waals surface area (Å²) in [4.78, 5) is 0. The Morgan fingerprint density at radius 3 is 2.24 bits per heavy atom. The minimum absolute atomic E-state index is 0.130. The molecule has 0 aliphatic heterocycles. The number of anilines is 1. The standard InChI is InChI=1S/C16H17F2NO2/c1-3-20-15-6-5-10(7-16(15)21-4-2)11-8-13(18)14(19)9-12(11)17/h5-9H,3-4,19H2,1-2H3. The molecule has 0 saturated carbocycles. The number of nitrogens with two attached hydrogens (primary N) is 1. The molecule has 112 valence electrons. The van der Waals surface area contributed by atoms with Gasteiger partial charge in [0.2, 0.25) is 0 Å². The Kier molecular flexibility index (Phi) is 4.62. The van der Waals surface area contributed by atoms with Crippen molar-refractivity contribution in [3.63, 3.8) is 0 Å². The van der Waals surface area contributed by atoms with Crippen LogP contribution in [0.15, 0.2) is 30.3 Å². The van der Waals surface area contributed by atoms with E-state index in [-0.39, 0.29) is 11.3 Å². The molecule has 0 heterocycles. The third-order valence-corrected chi connectivity index (χ3v) is 2.94. The molecule has 2 N–H and O–H groups in total. The lowest BCUT2D eigenvalue weighted by Gasteiger charge is -2.13. The summed E-state index contributed by atoms with van der Waals surface area (Å²) < 4.78 is 38.4. The van der Waals surface area contributed by atoms with Crippen molar-refractivity contribution in [3.8, 4) is 22.6 Å². The summed E-state index contributed by atoms with van der Waals surface area (Å²) in [5, 5.41) is 0. The van der Waals surface area contributed by atoms with E-state index in [1.807, 2.05) is 13.8 Å². The predicted octanol–water partition coefficient (Wildman–Crippen LogP) is 4.01. The molecule has 0 fully saturated rings. The van der Waals surface area contributed by atoms with Gasteiger partial charge in [-0.15, -0.1) is 0 Å². The number of benzene rings is 2. The van der Waals surface area contributed by atoms with Crippen LogP contribution < -0.4 is 15.2 Å². The van der Waals surface area contributed by atoms with Gasteiger partial charge in [-0.2, -0.15) is 0 Å². The van der Waals surface area contributed by atoms with Crippen LogP contribution >= 0.6 is 0 Å². The normalized spacial score (nSPS) is 10.5.